The van der Waals surface area contributed by atoms with Gasteiger partial charge in [0, 0.05) is 17.8 Å². The van der Waals surface area contributed by atoms with Crippen molar-refractivity contribution in [3.05, 3.63) is 89.0 Å². The summed E-state index contributed by atoms with van der Waals surface area (Å²) in [6.45, 7) is 6.71. The standard InChI is InChI=1S/C26H25F3N4O2.C5H10O2/c1-33-9-3-5-23(33)26(35)32-22(12-15-10-17(27)14-18(28)11-15)24-19(4-2-8-31-24)16-6-7-21(29)20(13-16)25(30)34;1-5(2,3)7-4-6/h2,4,6-8,10-11,13-14,22-23H,3,5,9,12H2,1H3,(H2,30,34)(H,32,35);4H,1-3H3. The summed E-state index contributed by atoms with van der Waals surface area (Å²) in [5.41, 5.74) is 6.45. The molecule has 3 N–H and O–H groups in total. The molecule has 1 saturated heterocycles. The molecule has 0 spiro atoms. The number of carbonyl (C=O) groups excluding carboxylic acids is 3. The van der Waals surface area contributed by atoms with Crippen LogP contribution in [-0.2, 0) is 20.7 Å². The van der Waals surface area contributed by atoms with E-state index in [1.807, 2.05) is 32.7 Å². The zero-order valence-corrected chi connectivity index (χ0v) is 24.0. The maximum atomic E-state index is 14.1. The molecular weight excluding hydrogens is 549 g/mol. The van der Waals surface area contributed by atoms with Crippen LogP contribution in [0.3, 0.4) is 0 Å². The van der Waals surface area contributed by atoms with Gasteiger partial charge >= 0.3 is 0 Å². The smallest absolute Gasteiger partial charge is 0.293 e. The lowest BCUT2D eigenvalue weighted by atomic mass is 9.94. The van der Waals surface area contributed by atoms with E-state index in [2.05, 4.69) is 15.0 Å². The molecule has 8 nitrogen and oxygen atoms in total. The molecule has 1 fully saturated rings. The summed E-state index contributed by atoms with van der Waals surface area (Å²) in [7, 11) is 1.87. The Kier molecular flexibility index (Phi) is 10.8. The molecule has 42 heavy (non-hydrogen) atoms. The van der Waals surface area contributed by atoms with E-state index in [0.717, 1.165) is 25.1 Å². The molecule has 1 aliphatic heterocycles. The van der Waals surface area contributed by atoms with E-state index in [9.17, 15) is 27.6 Å². The van der Waals surface area contributed by atoms with Crippen molar-refractivity contribution in [2.45, 2.75) is 57.7 Å². The number of amides is 2. The predicted molar refractivity (Wildman–Crippen MR) is 152 cm³/mol. The van der Waals surface area contributed by atoms with Gasteiger partial charge in [-0.3, -0.25) is 24.3 Å². The topological polar surface area (TPSA) is 115 Å². The number of halogens is 3. The van der Waals surface area contributed by atoms with Crippen LogP contribution >= 0.6 is 0 Å². The number of carbonyl (C=O) groups is 3. The maximum Gasteiger partial charge on any atom is 0.293 e. The monoisotopic (exact) mass is 584 g/mol. The third kappa shape index (κ3) is 8.87. The zero-order valence-electron chi connectivity index (χ0n) is 24.0. The van der Waals surface area contributed by atoms with Gasteiger partial charge in [-0.15, -0.1) is 0 Å². The van der Waals surface area contributed by atoms with Gasteiger partial charge in [-0.1, -0.05) is 12.1 Å². The Morgan fingerprint density at radius 1 is 1.14 bits per heavy atom. The third-order valence-corrected chi connectivity index (χ3v) is 6.61. The first-order valence-corrected chi connectivity index (χ1v) is 13.4. The van der Waals surface area contributed by atoms with Gasteiger partial charge < -0.3 is 15.8 Å². The van der Waals surface area contributed by atoms with Gasteiger partial charge in [-0.05, 0) is 95.1 Å². The fourth-order valence-electron chi connectivity index (χ4n) is 4.66. The average molecular weight is 585 g/mol. The molecule has 1 aliphatic rings. The van der Waals surface area contributed by atoms with E-state index >= 15 is 0 Å². The number of aromatic nitrogens is 1. The number of nitrogens with two attached hydrogens (primary N) is 1. The zero-order chi connectivity index (χ0) is 31.0. The predicted octanol–water partition coefficient (Wildman–Crippen LogP) is 4.72. The lowest BCUT2D eigenvalue weighted by molar-refractivity contribution is -0.138. The number of ether oxygens (including phenoxy) is 1. The molecule has 224 valence electrons. The van der Waals surface area contributed by atoms with Crippen molar-refractivity contribution in [2.24, 2.45) is 5.73 Å². The molecule has 2 heterocycles. The summed E-state index contributed by atoms with van der Waals surface area (Å²) in [6.07, 6.45) is 3.17. The van der Waals surface area contributed by atoms with E-state index in [4.69, 9.17) is 5.73 Å². The summed E-state index contributed by atoms with van der Waals surface area (Å²) < 4.78 is 46.5. The van der Waals surface area contributed by atoms with Gasteiger partial charge in [0.15, 0.2) is 0 Å². The highest BCUT2D eigenvalue weighted by atomic mass is 19.1. The maximum absolute atomic E-state index is 14.1. The average Bonchev–Trinajstić information content (AvgIpc) is 3.33. The summed E-state index contributed by atoms with van der Waals surface area (Å²) in [5.74, 6) is -3.35. The van der Waals surface area contributed by atoms with E-state index in [0.29, 0.717) is 35.3 Å². The van der Waals surface area contributed by atoms with Crippen molar-refractivity contribution in [3.63, 3.8) is 0 Å². The van der Waals surface area contributed by atoms with Gasteiger partial charge in [0.2, 0.25) is 5.91 Å². The van der Waals surface area contributed by atoms with E-state index < -0.39 is 29.4 Å². The summed E-state index contributed by atoms with van der Waals surface area (Å²) >= 11 is 0. The first-order chi connectivity index (χ1) is 19.8. The van der Waals surface area contributed by atoms with Gasteiger partial charge in [-0.2, -0.15) is 0 Å². The second-order valence-corrected chi connectivity index (χ2v) is 11.0. The summed E-state index contributed by atoms with van der Waals surface area (Å²) in [4.78, 5) is 40.9. The highest BCUT2D eigenvalue weighted by Gasteiger charge is 2.31. The molecule has 4 rings (SSSR count). The highest BCUT2D eigenvalue weighted by Crippen LogP contribution is 2.31. The van der Waals surface area contributed by atoms with Crippen molar-refractivity contribution < 1.29 is 32.3 Å². The van der Waals surface area contributed by atoms with Crippen LogP contribution in [0.15, 0.2) is 54.7 Å². The SMILES string of the molecule is CC(C)(C)OC=O.CN1CCCC1C(=O)NC(Cc1cc(F)cc(F)c1)c1ncccc1-c1ccc(F)c(C(N)=O)c1. The van der Waals surface area contributed by atoms with Crippen molar-refractivity contribution in [1.29, 1.82) is 0 Å². The molecule has 0 saturated carbocycles. The largest absolute Gasteiger partial charge is 0.462 e. The minimum atomic E-state index is -0.917. The number of pyridine rings is 1. The molecule has 0 radical (unpaired) electrons. The molecule has 3 aromatic rings. The van der Waals surface area contributed by atoms with Crippen LogP contribution in [0, 0.1) is 17.5 Å². The van der Waals surface area contributed by atoms with Crippen LogP contribution in [0.25, 0.3) is 11.1 Å². The summed E-state index contributed by atoms with van der Waals surface area (Å²) in [6, 6.07) is 9.42. The number of likely N-dealkylation sites (tertiary alicyclic amines) is 1. The highest BCUT2D eigenvalue weighted by molar-refractivity contribution is 5.94. The number of hydrogen-bond acceptors (Lipinski definition) is 6. The second-order valence-electron chi connectivity index (χ2n) is 11.0. The minimum absolute atomic E-state index is 0.0603. The van der Waals surface area contributed by atoms with Crippen molar-refractivity contribution in [3.8, 4) is 11.1 Å². The Bertz CT molecular complexity index is 1410. The number of nitrogens with one attached hydrogen (secondary N) is 1. The number of benzene rings is 2. The van der Waals surface area contributed by atoms with Crippen LogP contribution in [0.2, 0.25) is 0 Å². The fraction of sp³-hybridized carbons (Fsp3) is 0.355. The van der Waals surface area contributed by atoms with Crippen LogP contribution in [0.5, 0.6) is 0 Å². The van der Waals surface area contributed by atoms with Gasteiger partial charge in [-0.25, -0.2) is 13.2 Å². The van der Waals surface area contributed by atoms with Crippen molar-refractivity contribution in [2.75, 3.05) is 13.6 Å². The molecule has 1 aromatic heterocycles. The molecule has 2 amide bonds. The van der Waals surface area contributed by atoms with Crippen LogP contribution < -0.4 is 11.1 Å². The van der Waals surface area contributed by atoms with E-state index in [-0.39, 0.29) is 29.5 Å². The van der Waals surface area contributed by atoms with Gasteiger partial charge in [0.1, 0.15) is 23.1 Å². The van der Waals surface area contributed by atoms with Crippen LogP contribution in [0.4, 0.5) is 13.2 Å². The molecule has 2 atom stereocenters. The number of hydrogen-bond donors (Lipinski definition) is 2. The van der Waals surface area contributed by atoms with Crippen molar-refractivity contribution >= 4 is 18.3 Å². The first-order valence-electron chi connectivity index (χ1n) is 13.4. The van der Waals surface area contributed by atoms with E-state index in [1.54, 1.807) is 12.1 Å². The molecule has 0 bridgehead atoms. The number of nitrogens with zero attached hydrogens (tertiary/aromatic N) is 2. The Hall–Kier alpha value is -4.25. The molecular formula is C31H35F3N4O4. The quantitative estimate of drug-likeness (QED) is 0.371. The van der Waals surface area contributed by atoms with Crippen LogP contribution in [0.1, 0.15) is 61.3 Å². The van der Waals surface area contributed by atoms with Gasteiger partial charge in [0.25, 0.3) is 12.4 Å². The first kappa shape index (κ1) is 32.3. The molecule has 0 aliphatic carbocycles. The minimum Gasteiger partial charge on any atom is -0.462 e. The van der Waals surface area contributed by atoms with Crippen LogP contribution in [-0.4, -0.2) is 53.4 Å². The number of likely N-dealkylation sites (N-methyl/N-ethyl adjacent to an activating group) is 1. The summed E-state index contributed by atoms with van der Waals surface area (Å²) in [5, 5.41) is 3.00. The lowest BCUT2D eigenvalue weighted by Gasteiger charge is -2.25. The lowest BCUT2D eigenvalue weighted by Crippen LogP contribution is -2.43. The second kappa shape index (κ2) is 14.1. The Morgan fingerprint density at radius 3 is 2.38 bits per heavy atom. The Labute approximate surface area is 243 Å². The van der Waals surface area contributed by atoms with Gasteiger partial charge in [0.05, 0.1) is 23.3 Å². The molecule has 2 aromatic carbocycles. The van der Waals surface area contributed by atoms with E-state index in [1.165, 1.54) is 30.5 Å². The Balaban J connectivity index is 0.000000616. The molecule has 2 unspecified atom stereocenters. The fourth-order valence-corrected chi connectivity index (χ4v) is 4.66. The van der Waals surface area contributed by atoms with Crippen molar-refractivity contribution in [1.82, 2.24) is 15.2 Å². The molecule has 11 heteroatoms. The number of primary amides is 1. The Morgan fingerprint density at radius 2 is 1.83 bits per heavy atom. The normalized spacial score (nSPS) is 15.7. The number of rotatable bonds is 8. The third-order valence-electron chi connectivity index (χ3n) is 6.61.